The largest absolute Gasteiger partial charge is 0.487 e. The molecule has 3 atom stereocenters. The number of hydrogen-bond acceptors (Lipinski definition) is 5. The summed E-state index contributed by atoms with van der Waals surface area (Å²) in [5, 5.41) is 18.0. The molecular formula is C27H36FN5O5. The molecule has 0 aliphatic carbocycles. The predicted molar refractivity (Wildman–Crippen MR) is 143 cm³/mol. The smallest absolute Gasteiger partial charge is 0.321 e. The number of nitrogens with one attached hydrogen (secondary N) is 3. The first-order chi connectivity index (χ1) is 18.0. The van der Waals surface area contributed by atoms with Crippen LogP contribution < -0.4 is 20.7 Å². The number of carbonyl (C=O) groups excluding carboxylic acids is 3. The SMILES string of the molecule is CC(C)NC(=O)Nc1ccc2c(c1)C(=O)N([C@@H](C)CO)C[C@@H](C)[C@H](CN(C)C(=O)Nc1ccc(F)cc1)O2. The molecule has 0 bridgehead atoms. The second-order valence-corrected chi connectivity index (χ2v) is 9.90. The summed E-state index contributed by atoms with van der Waals surface area (Å²) in [6.07, 6.45) is -0.498. The number of nitrogens with zero attached hydrogens (tertiary/aromatic N) is 2. The highest BCUT2D eigenvalue weighted by molar-refractivity contribution is 5.99. The fraction of sp³-hybridized carbons (Fsp3) is 0.444. The van der Waals surface area contributed by atoms with Crippen molar-refractivity contribution in [1.82, 2.24) is 15.1 Å². The van der Waals surface area contributed by atoms with Crippen molar-refractivity contribution in [2.45, 2.75) is 45.9 Å². The maximum absolute atomic E-state index is 13.5. The molecule has 2 aromatic carbocycles. The van der Waals surface area contributed by atoms with E-state index in [1.54, 1.807) is 37.1 Å². The van der Waals surface area contributed by atoms with Crippen LogP contribution in [0.25, 0.3) is 0 Å². The van der Waals surface area contributed by atoms with Gasteiger partial charge in [-0.25, -0.2) is 14.0 Å². The summed E-state index contributed by atoms with van der Waals surface area (Å²) in [6, 6.07) is 8.93. The number of fused-ring (bicyclic) bond motifs is 1. The summed E-state index contributed by atoms with van der Waals surface area (Å²) in [5.74, 6) is -0.621. The molecule has 0 saturated carbocycles. The van der Waals surface area contributed by atoms with Crippen LogP contribution in [0.1, 0.15) is 38.1 Å². The molecule has 206 valence electrons. The molecule has 2 aromatic rings. The van der Waals surface area contributed by atoms with E-state index in [9.17, 15) is 23.9 Å². The maximum atomic E-state index is 13.5. The number of anilines is 2. The Morgan fingerprint density at radius 2 is 1.79 bits per heavy atom. The van der Waals surface area contributed by atoms with E-state index in [1.807, 2.05) is 20.8 Å². The van der Waals surface area contributed by atoms with Gasteiger partial charge in [-0.3, -0.25) is 4.79 Å². The molecule has 11 heteroatoms. The highest BCUT2D eigenvalue weighted by atomic mass is 19.1. The number of carbonyl (C=O) groups is 3. The quantitative estimate of drug-likeness (QED) is 0.435. The molecular weight excluding hydrogens is 493 g/mol. The normalized spacial score (nSPS) is 18.0. The third-order valence-corrected chi connectivity index (χ3v) is 6.24. The lowest BCUT2D eigenvalue weighted by Gasteiger charge is -2.38. The van der Waals surface area contributed by atoms with Crippen molar-refractivity contribution in [3.8, 4) is 5.75 Å². The summed E-state index contributed by atoms with van der Waals surface area (Å²) < 4.78 is 19.5. The topological polar surface area (TPSA) is 123 Å². The first kappa shape index (κ1) is 28.7. The molecule has 0 radical (unpaired) electrons. The molecule has 1 aliphatic heterocycles. The minimum absolute atomic E-state index is 0.0651. The number of urea groups is 2. The van der Waals surface area contributed by atoms with Crippen LogP contribution in [-0.4, -0.2) is 77.8 Å². The Hall–Kier alpha value is -3.86. The molecule has 10 nitrogen and oxygen atoms in total. The van der Waals surface area contributed by atoms with Crippen LogP contribution in [0.4, 0.5) is 25.4 Å². The third-order valence-electron chi connectivity index (χ3n) is 6.24. The van der Waals surface area contributed by atoms with Crippen LogP contribution >= 0.6 is 0 Å². The van der Waals surface area contributed by atoms with Crippen molar-refractivity contribution >= 4 is 29.3 Å². The van der Waals surface area contributed by atoms with Gasteiger partial charge in [0.15, 0.2) is 0 Å². The third kappa shape index (κ3) is 7.34. The fourth-order valence-electron chi connectivity index (χ4n) is 4.05. The van der Waals surface area contributed by atoms with Crippen LogP contribution in [0.15, 0.2) is 42.5 Å². The number of hydrogen-bond donors (Lipinski definition) is 4. The number of ether oxygens (including phenoxy) is 1. The van der Waals surface area contributed by atoms with Crippen molar-refractivity contribution in [3.05, 3.63) is 53.8 Å². The van der Waals surface area contributed by atoms with E-state index in [2.05, 4.69) is 16.0 Å². The Morgan fingerprint density at radius 3 is 2.42 bits per heavy atom. The average molecular weight is 530 g/mol. The lowest BCUT2D eigenvalue weighted by atomic mass is 9.99. The lowest BCUT2D eigenvalue weighted by Crippen LogP contribution is -2.50. The number of amides is 5. The Bertz CT molecular complexity index is 1140. The van der Waals surface area contributed by atoms with Crippen molar-refractivity contribution in [1.29, 1.82) is 0 Å². The zero-order chi connectivity index (χ0) is 28.0. The van der Waals surface area contributed by atoms with Crippen LogP contribution in [-0.2, 0) is 0 Å². The highest BCUT2D eigenvalue weighted by Crippen LogP contribution is 2.30. The molecule has 1 heterocycles. The van der Waals surface area contributed by atoms with Crippen LogP contribution in [0.2, 0.25) is 0 Å². The van der Waals surface area contributed by atoms with Crippen LogP contribution in [0, 0.1) is 11.7 Å². The highest BCUT2D eigenvalue weighted by Gasteiger charge is 2.34. The molecule has 0 fully saturated rings. The van der Waals surface area contributed by atoms with Gasteiger partial charge in [-0.05, 0) is 63.2 Å². The summed E-state index contributed by atoms with van der Waals surface area (Å²) in [7, 11) is 1.62. The van der Waals surface area contributed by atoms with E-state index in [0.29, 0.717) is 17.1 Å². The van der Waals surface area contributed by atoms with Crippen molar-refractivity contribution < 1.29 is 28.6 Å². The number of aliphatic hydroxyl groups excluding tert-OH is 1. The summed E-state index contributed by atoms with van der Waals surface area (Å²) in [4.78, 5) is 41.5. The van der Waals surface area contributed by atoms with E-state index in [-0.39, 0.29) is 43.1 Å². The van der Waals surface area contributed by atoms with Crippen molar-refractivity contribution in [3.63, 3.8) is 0 Å². The molecule has 3 rings (SSSR count). The number of rotatable bonds is 7. The molecule has 5 amide bonds. The van der Waals surface area contributed by atoms with E-state index < -0.39 is 30.0 Å². The number of likely N-dealkylation sites (N-methyl/N-ethyl adjacent to an activating group) is 1. The average Bonchev–Trinajstić information content (AvgIpc) is 2.86. The zero-order valence-corrected chi connectivity index (χ0v) is 22.3. The molecule has 0 saturated heterocycles. The van der Waals surface area contributed by atoms with Gasteiger partial charge >= 0.3 is 12.1 Å². The maximum Gasteiger partial charge on any atom is 0.321 e. The number of aliphatic hydroxyl groups is 1. The van der Waals surface area contributed by atoms with Gasteiger partial charge in [0.2, 0.25) is 0 Å². The predicted octanol–water partition coefficient (Wildman–Crippen LogP) is 3.74. The molecule has 38 heavy (non-hydrogen) atoms. The van der Waals surface area contributed by atoms with Crippen LogP contribution in [0.3, 0.4) is 0 Å². The number of benzene rings is 2. The van der Waals surface area contributed by atoms with Gasteiger partial charge in [0.1, 0.15) is 17.7 Å². The standard InChI is InChI=1S/C27H36FN5O5/c1-16(2)29-26(36)30-21-10-11-23-22(12-21)25(35)33(18(4)15-34)13-17(3)24(38-23)14-32(5)27(37)31-20-8-6-19(28)7-9-20/h6-12,16-18,24,34H,13-15H2,1-5H3,(H,31,37)(H2,29,30,36)/t17-,18+,24+/m1/s1. The van der Waals surface area contributed by atoms with Gasteiger partial charge < -0.3 is 35.6 Å². The number of halogens is 1. The van der Waals surface area contributed by atoms with Gasteiger partial charge in [-0.15, -0.1) is 0 Å². The first-order valence-electron chi connectivity index (χ1n) is 12.6. The first-order valence-corrected chi connectivity index (χ1v) is 12.6. The summed E-state index contributed by atoms with van der Waals surface area (Å²) in [6.45, 7) is 7.59. The fourth-order valence-corrected chi connectivity index (χ4v) is 4.05. The Balaban J connectivity index is 1.85. The minimum Gasteiger partial charge on any atom is -0.487 e. The van der Waals surface area contributed by atoms with E-state index >= 15 is 0 Å². The lowest BCUT2D eigenvalue weighted by molar-refractivity contribution is 0.0371. The molecule has 0 unspecified atom stereocenters. The van der Waals surface area contributed by atoms with Crippen LogP contribution in [0.5, 0.6) is 5.75 Å². The van der Waals surface area contributed by atoms with Gasteiger partial charge in [0.25, 0.3) is 5.91 Å². The molecule has 0 spiro atoms. The molecule has 4 N–H and O–H groups in total. The Labute approximate surface area is 222 Å². The van der Waals surface area contributed by atoms with Gasteiger partial charge in [0.05, 0.1) is 24.8 Å². The molecule has 1 aliphatic rings. The van der Waals surface area contributed by atoms with E-state index in [1.165, 1.54) is 29.2 Å². The second-order valence-electron chi connectivity index (χ2n) is 9.90. The van der Waals surface area contributed by atoms with Gasteiger partial charge in [-0.1, -0.05) is 6.92 Å². The van der Waals surface area contributed by atoms with Gasteiger partial charge in [0, 0.05) is 36.9 Å². The summed E-state index contributed by atoms with van der Waals surface area (Å²) in [5.41, 5.74) is 1.11. The van der Waals surface area contributed by atoms with Crippen molar-refractivity contribution in [2.24, 2.45) is 5.92 Å². The monoisotopic (exact) mass is 529 g/mol. The van der Waals surface area contributed by atoms with Crippen molar-refractivity contribution in [2.75, 3.05) is 37.4 Å². The summed E-state index contributed by atoms with van der Waals surface area (Å²) >= 11 is 0. The second kappa shape index (κ2) is 12.6. The van der Waals surface area contributed by atoms with E-state index in [4.69, 9.17) is 4.74 Å². The van der Waals surface area contributed by atoms with Gasteiger partial charge in [-0.2, -0.15) is 0 Å². The Morgan fingerprint density at radius 1 is 1.13 bits per heavy atom. The van der Waals surface area contributed by atoms with E-state index in [0.717, 1.165) is 0 Å². The Kier molecular flexibility index (Phi) is 9.51. The minimum atomic E-state index is -0.498. The zero-order valence-electron chi connectivity index (χ0n) is 22.3. The molecule has 0 aromatic heterocycles.